The van der Waals surface area contributed by atoms with E-state index in [4.69, 9.17) is 21.1 Å². The molecule has 0 aliphatic carbocycles. The summed E-state index contributed by atoms with van der Waals surface area (Å²) in [6.07, 6.45) is 3.08. The molecule has 0 bridgehead atoms. The van der Waals surface area contributed by atoms with Crippen LogP contribution in [0.2, 0.25) is 5.02 Å². The highest BCUT2D eigenvalue weighted by Gasteiger charge is 2.21. The first-order valence-corrected chi connectivity index (χ1v) is 9.75. The molecule has 27 heavy (non-hydrogen) atoms. The third-order valence-corrected chi connectivity index (χ3v) is 5.48. The first kappa shape index (κ1) is 19.0. The van der Waals surface area contributed by atoms with Gasteiger partial charge in [-0.3, -0.25) is 9.71 Å². The highest BCUT2D eigenvalue weighted by molar-refractivity contribution is 7.92. The Bertz CT molecular complexity index is 1050. The SMILES string of the molecule is COc1ccc(OC)c(S(=O)(=O)Nc2cncc(-c3ccc(Cl)cc3)c2)c1. The highest BCUT2D eigenvalue weighted by atomic mass is 35.5. The van der Waals surface area contributed by atoms with E-state index in [2.05, 4.69) is 9.71 Å². The molecule has 0 unspecified atom stereocenters. The number of ether oxygens (including phenoxy) is 2. The van der Waals surface area contributed by atoms with Crippen LogP contribution in [0.25, 0.3) is 11.1 Å². The summed E-state index contributed by atoms with van der Waals surface area (Å²) < 4.78 is 38.5. The molecule has 0 amide bonds. The molecule has 1 aromatic heterocycles. The summed E-state index contributed by atoms with van der Waals surface area (Å²) >= 11 is 5.91. The molecule has 0 spiro atoms. The van der Waals surface area contributed by atoms with Crippen LogP contribution in [0, 0.1) is 0 Å². The van der Waals surface area contributed by atoms with E-state index in [0.717, 1.165) is 11.1 Å². The molecule has 3 aromatic rings. The van der Waals surface area contributed by atoms with Crippen molar-refractivity contribution in [1.29, 1.82) is 0 Å². The zero-order chi connectivity index (χ0) is 19.4. The number of nitrogens with one attached hydrogen (secondary N) is 1. The van der Waals surface area contributed by atoms with Gasteiger partial charge in [0.15, 0.2) is 0 Å². The predicted octanol–water partition coefficient (Wildman–Crippen LogP) is 4.22. The molecule has 2 aromatic carbocycles. The summed E-state index contributed by atoms with van der Waals surface area (Å²) in [4.78, 5) is 4.10. The van der Waals surface area contributed by atoms with Gasteiger partial charge in [-0.1, -0.05) is 23.7 Å². The second-order valence-electron chi connectivity index (χ2n) is 5.59. The van der Waals surface area contributed by atoms with Gasteiger partial charge in [-0.05, 0) is 35.9 Å². The molecule has 1 heterocycles. The van der Waals surface area contributed by atoms with Gasteiger partial charge in [-0.2, -0.15) is 0 Å². The van der Waals surface area contributed by atoms with Crippen molar-refractivity contribution in [1.82, 2.24) is 4.98 Å². The van der Waals surface area contributed by atoms with Crippen LogP contribution in [0.5, 0.6) is 11.5 Å². The Morgan fingerprint density at radius 3 is 2.33 bits per heavy atom. The largest absolute Gasteiger partial charge is 0.497 e. The van der Waals surface area contributed by atoms with E-state index >= 15 is 0 Å². The van der Waals surface area contributed by atoms with Gasteiger partial charge in [0.1, 0.15) is 16.4 Å². The maximum absolute atomic E-state index is 12.9. The van der Waals surface area contributed by atoms with Crippen LogP contribution < -0.4 is 14.2 Å². The quantitative estimate of drug-likeness (QED) is 0.665. The van der Waals surface area contributed by atoms with Crippen molar-refractivity contribution in [2.45, 2.75) is 4.90 Å². The number of hydrogen-bond donors (Lipinski definition) is 1. The number of pyridine rings is 1. The Hall–Kier alpha value is -2.77. The molecule has 3 rings (SSSR count). The maximum atomic E-state index is 12.9. The third kappa shape index (κ3) is 4.32. The van der Waals surface area contributed by atoms with Crippen LogP contribution >= 0.6 is 11.6 Å². The summed E-state index contributed by atoms with van der Waals surface area (Å²) in [6.45, 7) is 0. The molecular weight excluding hydrogens is 388 g/mol. The Morgan fingerprint density at radius 1 is 0.926 bits per heavy atom. The molecule has 0 fully saturated rings. The highest BCUT2D eigenvalue weighted by Crippen LogP contribution is 2.30. The van der Waals surface area contributed by atoms with Crippen LogP contribution in [0.4, 0.5) is 5.69 Å². The number of anilines is 1. The minimum absolute atomic E-state index is 0.0266. The van der Waals surface area contributed by atoms with Crippen molar-refractivity contribution in [2.75, 3.05) is 18.9 Å². The second kappa shape index (κ2) is 7.85. The van der Waals surface area contributed by atoms with Crippen molar-refractivity contribution in [3.63, 3.8) is 0 Å². The van der Waals surface area contributed by atoms with Crippen molar-refractivity contribution >= 4 is 27.3 Å². The van der Waals surface area contributed by atoms with Crippen molar-refractivity contribution in [2.24, 2.45) is 0 Å². The first-order valence-electron chi connectivity index (χ1n) is 7.89. The molecule has 0 aliphatic heterocycles. The third-order valence-electron chi connectivity index (χ3n) is 3.83. The van der Waals surface area contributed by atoms with E-state index in [1.165, 1.54) is 32.5 Å². The molecule has 0 atom stereocenters. The zero-order valence-electron chi connectivity index (χ0n) is 14.6. The molecule has 0 saturated heterocycles. The lowest BCUT2D eigenvalue weighted by atomic mass is 10.1. The fourth-order valence-electron chi connectivity index (χ4n) is 2.50. The predicted molar refractivity (Wildman–Crippen MR) is 105 cm³/mol. The molecule has 0 aliphatic rings. The van der Waals surface area contributed by atoms with Crippen molar-refractivity contribution < 1.29 is 17.9 Å². The van der Waals surface area contributed by atoms with Gasteiger partial charge in [0.25, 0.3) is 10.0 Å². The first-order chi connectivity index (χ1) is 12.9. The summed E-state index contributed by atoms with van der Waals surface area (Å²) in [5, 5.41) is 0.619. The average molecular weight is 405 g/mol. The maximum Gasteiger partial charge on any atom is 0.265 e. The van der Waals surface area contributed by atoms with Crippen molar-refractivity contribution in [3.8, 4) is 22.6 Å². The number of halogens is 1. The zero-order valence-corrected chi connectivity index (χ0v) is 16.2. The topological polar surface area (TPSA) is 77.5 Å². The van der Waals surface area contributed by atoms with Crippen LogP contribution in [0.3, 0.4) is 0 Å². The van der Waals surface area contributed by atoms with Gasteiger partial charge < -0.3 is 9.47 Å². The smallest absolute Gasteiger partial charge is 0.265 e. The van der Waals surface area contributed by atoms with Gasteiger partial charge in [0.05, 0.1) is 26.1 Å². The lowest BCUT2D eigenvalue weighted by molar-refractivity contribution is 0.392. The van der Waals surface area contributed by atoms with Crippen LogP contribution in [-0.4, -0.2) is 27.6 Å². The lowest BCUT2D eigenvalue weighted by Crippen LogP contribution is -2.14. The van der Waals surface area contributed by atoms with E-state index < -0.39 is 10.0 Å². The minimum atomic E-state index is -3.91. The van der Waals surface area contributed by atoms with E-state index in [1.54, 1.807) is 30.5 Å². The van der Waals surface area contributed by atoms with E-state index in [9.17, 15) is 8.42 Å². The molecule has 140 valence electrons. The van der Waals surface area contributed by atoms with E-state index in [1.807, 2.05) is 12.1 Å². The van der Waals surface area contributed by atoms with E-state index in [0.29, 0.717) is 16.5 Å². The molecule has 8 heteroatoms. The fraction of sp³-hybridized carbons (Fsp3) is 0.105. The number of aromatic nitrogens is 1. The molecule has 1 N–H and O–H groups in total. The Labute approximate surface area is 162 Å². The number of hydrogen-bond acceptors (Lipinski definition) is 5. The van der Waals surface area contributed by atoms with Crippen LogP contribution in [0.15, 0.2) is 65.8 Å². The van der Waals surface area contributed by atoms with Gasteiger partial charge in [-0.15, -0.1) is 0 Å². The Kier molecular flexibility index (Phi) is 5.53. The molecule has 0 saturated carbocycles. The monoisotopic (exact) mass is 404 g/mol. The number of rotatable bonds is 6. The summed E-state index contributed by atoms with van der Waals surface area (Å²) in [5.41, 5.74) is 1.95. The number of nitrogens with zero attached hydrogens (tertiary/aromatic N) is 1. The minimum Gasteiger partial charge on any atom is -0.497 e. The number of sulfonamides is 1. The second-order valence-corrected chi connectivity index (χ2v) is 7.68. The molecular formula is C19H17ClN2O4S. The van der Waals surface area contributed by atoms with Gasteiger partial charge in [0, 0.05) is 22.8 Å². The number of methoxy groups -OCH3 is 2. The lowest BCUT2D eigenvalue weighted by Gasteiger charge is -2.13. The van der Waals surface area contributed by atoms with Gasteiger partial charge >= 0.3 is 0 Å². The number of benzene rings is 2. The Balaban J connectivity index is 1.95. The van der Waals surface area contributed by atoms with E-state index in [-0.39, 0.29) is 10.6 Å². The van der Waals surface area contributed by atoms with Crippen LogP contribution in [0.1, 0.15) is 0 Å². The van der Waals surface area contributed by atoms with Gasteiger partial charge in [0.2, 0.25) is 0 Å². The van der Waals surface area contributed by atoms with Crippen LogP contribution in [-0.2, 0) is 10.0 Å². The summed E-state index contributed by atoms with van der Waals surface area (Å²) in [7, 11) is -1.04. The Morgan fingerprint density at radius 2 is 1.67 bits per heavy atom. The molecule has 6 nitrogen and oxygen atoms in total. The van der Waals surface area contributed by atoms with Crippen molar-refractivity contribution in [3.05, 3.63) is 65.9 Å². The average Bonchev–Trinajstić information content (AvgIpc) is 2.68. The standard InChI is InChI=1S/C19H17ClN2O4S/c1-25-17-7-8-18(26-2)19(10-17)27(23,24)22-16-9-14(11-21-12-16)13-3-5-15(20)6-4-13/h3-12,22H,1-2H3. The fourth-order valence-corrected chi connectivity index (χ4v) is 3.85. The summed E-state index contributed by atoms with van der Waals surface area (Å²) in [6, 6.07) is 13.4. The van der Waals surface area contributed by atoms with Gasteiger partial charge in [-0.25, -0.2) is 8.42 Å². The normalized spacial score (nSPS) is 11.1. The summed E-state index contributed by atoms with van der Waals surface area (Å²) in [5.74, 6) is 0.620. The molecule has 0 radical (unpaired) electrons.